The topological polar surface area (TPSA) is 153 Å². The maximum atomic E-state index is 11.7. The third-order valence-corrected chi connectivity index (χ3v) is 3.94. The highest BCUT2D eigenvalue weighted by molar-refractivity contribution is 5.76. The van der Waals surface area contributed by atoms with Crippen molar-refractivity contribution in [3.63, 3.8) is 0 Å². The number of hydrogen-bond donors (Lipinski definition) is 4. The second kappa shape index (κ2) is 15.3. The lowest BCUT2D eigenvalue weighted by Gasteiger charge is -2.20. The van der Waals surface area contributed by atoms with Crippen LogP contribution in [0.15, 0.2) is 0 Å². The quantitative estimate of drug-likeness (QED) is 0.170. The van der Waals surface area contributed by atoms with Gasteiger partial charge in [0.25, 0.3) is 0 Å². The molecular weight excluding hydrogens is 448 g/mol. The maximum absolute atomic E-state index is 11.7. The lowest BCUT2D eigenvalue weighted by molar-refractivity contribution is -0.175. The van der Waals surface area contributed by atoms with Crippen molar-refractivity contribution in [3.8, 4) is 0 Å². The monoisotopic (exact) mass is 490 g/mol. The van der Waals surface area contributed by atoms with Crippen molar-refractivity contribution in [1.82, 2.24) is 21.3 Å². The molecule has 0 heterocycles. The van der Waals surface area contributed by atoms with E-state index < -0.39 is 47.5 Å². The minimum absolute atomic E-state index is 0.337. The van der Waals surface area contributed by atoms with Crippen molar-refractivity contribution in [1.29, 1.82) is 0 Å². The van der Waals surface area contributed by atoms with Gasteiger partial charge in [-0.05, 0) is 41.5 Å². The van der Waals surface area contributed by atoms with E-state index in [1.165, 1.54) is 13.8 Å². The van der Waals surface area contributed by atoms with Crippen molar-refractivity contribution < 1.29 is 38.1 Å². The summed E-state index contributed by atoms with van der Waals surface area (Å²) < 4.78 is 20.0. The molecular formula is C22H42N4O8. The number of carbonyl (C=O) groups is 4. The normalized spacial score (nSPS) is 13.3. The fourth-order valence-corrected chi connectivity index (χ4v) is 2.02. The summed E-state index contributed by atoms with van der Waals surface area (Å²) in [6.07, 6.45) is -3.29. The molecule has 198 valence electrons. The van der Waals surface area contributed by atoms with E-state index in [-0.39, 0.29) is 0 Å². The van der Waals surface area contributed by atoms with Crippen LogP contribution in [-0.4, -0.2) is 76.0 Å². The Morgan fingerprint density at radius 2 is 0.853 bits per heavy atom. The minimum atomic E-state index is -0.975. The Bertz CT molecular complexity index is 602. The largest absolute Gasteiger partial charge is 0.425 e. The zero-order valence-corrected chi connectivity index (χ0v) is 21.7. The summed E-state index contributed by atoms with van der Waals surface area (Å²) in [5, 5.41) is 11.4. The molecule has 0 aromatic rings. The van der Waals surface area contributed by atoms with Gasteiger partial charge in [-0.3, -0.25) is 9.59 Å². The predicted octanol–water partition coefficient (Wildman–Crippen LogP) is 1.49. The molecule has 0 saturated carbocycles. The van der Waals surface area contributed by atoms with E-state index in [1.807, 2.05) is 0 Å². The SMILES string of the molecule is C[C@H](OC(=O)NCCNCCNCCNC(=O)O[C@@H](C)OC(=O)C(C)(C)C)OC(=O)C(C)(C)C. The summed E-state index contributed by atoms with van der Waals surface area (Å²) in [5.74, 6) is -0.907. The van der Waals surface area contributed by atoms with Crippen LogP contribution >= 0.6 is 0 Å². The van der Waals surface area contributed by atoms with Gasteiger partial charge in [0.15, 0.2) is 0 Å². The summed E-state index contributed by atoms with van der Waals surface area (Å²) in [4.78, 5) is 46.8. The molecule has 0 spiro atoms. The first kappa shape index (κ1) is 31.4. The highest BCUT2D eigenvalue weighted by Crippen LogP contribution is 2.17. The Labute approximate surface area is 202 Å². The van der Waals surface area contributed by atoms with Gasteiger partial charge >= 0.3 is 24.1 Å². The van der Waals surface area contributed by atoms with Gasteiger partial charge < -0.3 is 40.2 Å². The van der Waals surface area contributed by atoms with E-state index in [2.05, 4.69) is 21.3 Å². The molecule has 2 amide bonds. The number of carbonyl (C=O) groups excluding carboxylic acids is 4. The molecule has 2 atom stereocenters. The molecule has 34 heavy (non-hydrogen) atoms. The van der Waals surface area contributed by atoms with Gasteiger partial charge in [-0.2, -0.15) is 0 Å². The standard InChI is InChI=1S/C22H42N4O8/c1-15(31-17(27)21(3,4)5)33-19(29)25-13-11-23-9-10-24-12-14-26-20(30)34-16(2)32-18(28)22(6,7)8/h15-16,23-24H,9-14H2,1-8H3,(H,25,29)(H,26,30)/t15-,16-/m0/s1. The minimum Gasteiger partial charge on any atom is -0.425 e. The Balaban J connectivity index is 3.68. The van der Waals surface area contributed by atoms with Crippen LogP contribution < -0.4 is 21.3 Å². The van der Waals surface area contributed by atoms with Crippen LogP contribution in [0.1, 0.15) is 55.4 Å². The second-order valence-electron chi connectivity index (χ2n) is 9.61. The van der Waals surface area contributed by atoms with Gasteiger partial charge in [-0.15, -0.1) is 0 Å². The van der Waals surface area contributed by atoms with Gasteiger partial charge in [0.1, 0.15) is 0 Å². The molecule has 4 N–H and O–H groups in total. The zero-order valence-electron chi connectivity index (χ0n) is 21.7. The number of amides is 2. The molecule has 0 aromatic carbocycles. The van der Waals surface area contributed by atoms with Crippen LogP contribution in [0.4, 0.5) is 9.59 Å². The highest BCUT2D eigenvalue weighted by atomic mass is 16.7. The summed E-state index contributed by atoms with van der Waals surface area (Å²) in [5.41, 5.74) is -1.35. The first-order valence-corrected chi connectivity index (χ1v) is 11.4. The van der Waals surface area contributed by atoms with E-state index in [1.54, 1.807) is 41.5 Å². The molecule has 0 radical (unpaired) electrons. The molecule has 0 aliphatic carbocycles. The number of nitrogens with one attached hydrogen (secondary N) is 4. The zero-order chi connectivity index (χ0) is 26.4. The highest BCUT2D eigenvalue weighted by Gasteiger charge is 2.27. The molecule has 12 nitrogen and oxygen atoms in total. The molecule has 0 saturated heterocycles. The molecule has 0 aromatic heterocycles. The summed E-state index contributed by atoms with van der Waals surface area (Å²) in [7, 11) is 0. The average molecular weight is 491 g/mol. The number of esters is 2. The molecule has 0 aliphatic heterocycles. The van der Waals surface area contributed by atoms with E-state index >= 15 is 0 Å². The smallest absolute Gasteiger partial charge is 0.410 e. The lowest BCUT2D eigenvalue weighted by atomic mass is 9.97. The third-order valence-electron chi connectivity index (χ3n) is 3.94. The van der Waals surface area contributed by atoms with Crippen LogP contribution in [0.3, 0.4) is 0 Å². The molecule has 0 rings (SSSR count). The Hall–Kier alpha value is -2.60. The van der Waals surface area contributed by atoms with Crippen LogP contribution in [-0.2, 0) is 28.5 Å². The Kier molecular flexibility index (Phi) is 14.2. The van der Waals surface area contributed by atoms with Crippen molar-refractivity contribution >= 4 is 24.1 Å². The van der Waals surface area contributed by atoms with Crippen molar-refractivity contribution in [2.75, 3.05) is 39.3 Å². The van der Waals surface area contributed by atoms with Gasteiger partial charge in [0.2, 0.25) is 12.6 Å². The number of alkyl carbamates (subject to hydrolysis) is 2. The van der Waals surface area contributed by atoms with Crippen molar-refractivity contribution in [2.24, 2.45) is 10.8 Å². The Morgan fingerprint density at radius 1 is 0.559 bits per heavy atom. The molecule has 12 heteroatoms. The van der Waals surface area contributed by atoms with Gasteiger partial charge in [-0.25, -0.2) is 9.59 Å². The fraction of sp³-hybridized carbons (Fsp3) is 0.818. The predicted molar refractivity (Wildman–Crippen MR) is 125 cm³/mol. The van der Waals surface area contributed by atoms with Crippen molar-refractivity contribution in [3.05, 3.63) is 0 Å². The van der Waals surface area contributed by atoms with Crippen LogP contribution in [0.25, 0.3) is 0 Å². The van der Waals surface area contributed by atoms with Gasteiger partial charge in [0.05, 0.1) is 10.8 Å². The van der Waals surface area contributed by atoms with E-state index in [0.717, 1.165) is 0 Å². The number of hydrogen-bond acceptors (Lipinski definition) is 10. The first-order valence-electron chi connectivity index (χ1n) is 11.4. The van der Waals surface area contributed by atoms with Crippen LogP contribution in [0, 0.1) is 10.8 Å². The average Bonchev–Trinajstić information content (AvgIpc) is 2.67. The molecule has 0 aliphatic rings. The van der Waals surface area contributed by atoms with E-state index in [4.69, 9.17) is 18.9 Å². The molecule has 0 bridgehead atoms. The van der Waals surface area contributed by atoms with Crippen molar-refractivity contribution in [2.45, 2.75) is 68.0 Å². The fourth-order valence-electron chi connectivity index (χ4n) is 2.02. The number of ether oxygens (including phenoxy) is 4. The summed E-state index contributed by atoms with van der Waals surface area (Å²) in [6.45, 7) is 16.2. The first-order chi connectivity index (χ1) is 15.6. The van der Waals surface area contributed by atoms with Gasteiger partial charge in [-0.1, -0.05) is 0 Å². The Morgan fingerprint density at radius 3 is 1.15 bits per heavy atom. The lowest BCUT2D eigenvalue weighted by Crippen LogP contribution is -2.39. The van der Waals surface area contributed by atoms with Crippen LogP contribution in [0.5, 0.6) is 0 Å². The summed E-state index contributed by atoms with van der Waals surface area (Å²) >= 11 is 0. The third kappa shape index (κ3) is 16.1. The van der Waals surface area contributed by atoms with Crippen LogP contribution in [0.2, 0.25) is 0 Å². The number of rotatable bonds is 13. The molecule has 0 fully saturated rings. The molecule has 0 unspecified atom stereocenters. The van der Waals surface area contributed by atoms with Gasteiger partial charge in [0, 0.05) is 53.1 Å². The summed E-state index contributed by atoms with van der Waals surface area (Å²) in [6, 6.07) is 0. The van der Waals surface area contributed by atoms with E-state index in [9.17, 15) is 19.2 Å². The second-order valence-corrected chi connectivity index (χ2v) is 9.61. The van der Waals surface area contributed by atoms with E-state index in [0.29, 0.717) is 39.3 Å². The maximum Gasteiger partial charge on any atom is 0.410 e.